The van der Waals surface area contributed by atoms with Crippen molar-refractivity contribution in [2.24, 2.45) is 0 Å². The van der Waals surface area contributed by atoms with Gasteiger partial charge in [0.2, 0.25) is 0 Å². The number of ether oxygens (including phenoxy) is 2. The van der Waals surface area contributed by atoms with Crippen LogP contribution < -0.4 is 5.32 Å². The summed E-state index contributed by atoms with van der Waals surface area (Å²) in [5.74, 6) is -0.318. The lowest BCUT2D eigenvalue weighted by Crippen LogP contribution is -2.24. The molecular weight excluding hydrogens is 258 g/mol. The molecule has 1 N–H and O–H groups in total. The van der Waals surface area contributed by atoms with Crippen molar-refractivity contribution in [2.75, 3.05) is 27.3 Å². The molecule has 0 aliphatic heterocycles. The smallest absolute Gasteiger partial charge is 0.319 e. The highest BCUT2D eigenvalue weighted by atomic mass is 16.5. The second-order valence-electron chi connectivity index (χ2n) is 4.91. The summed E-state index contributed by atoms with van der Waals surface area (Å²) in [4.78, 5) is 21.7. The number of methoxy groups -OCH3 is 2. The zero-order valence-electron chi connectivity index (χ0n) is 12.9. The molecule has 0 fully saturated rings. The van der Waals surface area contributed by atoms with Crippen molar-refractivity contribution in [1.29, 1.82) is 0 Å². The predicted octanol–water partition coefficient (Wildman–Crippen LogP) is 2.43. The van der Waals surface area contributed by atoms with E-state index < -0.39 is 0 Å². The molecule has 0 spiro atoms. The van der Waals surface area contributed by atoms with Crippen LogP contribution in [0.2, 0.25) is 0 Å². The molecule has 0 aliphatic carbocycles. The first-order valence-corrected chi connectivity index (χ1v) is 7.55. The molecular formula is C15H29NO4. The van der Waals surface area contributed by atoms with Crippen LogP contribution in [0.1, 0.15) is 57.8 Å². The fourth-order valence-electron chi connectivity index (χ4n) is 1.94. The molecule has 0 heterocycles. The van der Waals surface area contributed by atoms with E-state index in [1.165, 1.54) is 46.3 Å². The lowest BCUT2D eigenvalue weighted by Gasteiger charge is -2.04. The van der Waals surface area contributed by atoms with E-state index in [1.54, 1.807) is 0 Å². The minimum atomic E-state index is -0.211. The van der Waals surface area contributed by atoms with E-state index in [-0.39, 0.29) is 11.9 Å². The number of esters is 2. The number of carbonyl (C=O) groups is 2. The molecule has 0 unspecified atom stereocenters. The maximum absolute atomic E-state index is 10.9. The van der Waals surface area contributed by atoms with Crippen molar-refractivity contribution < 1.29 is 19.1 Å². The lowest BCUT2D eigenvalue weighted by atomic mass is 10.1. The van der Waals surface area contributed by atoms with E-state index in [9.17, 15) is 9.59 Å². The molecule has 0 amide bonds. The third kappa shape index (κ3) is 13.3. The van der Waals surface area contributed by atoms with Gasteiger partial charge in [-0.05, 0) is 19.4 Å². The maximum Gasteiger partial charge on any atom is 0.319 e. The largest absolute Gasteiger partial charge is 0.469 e. The van der Waals surface area contributed by atoms with E-state index in [0.717, 1.165) is 25.8 Å². The number of unbranched alkanes of at least 4 members (excludes halogenated alkanes) is 7. The third-order valence-corrected chi connectivity index (χ3v) is 3.21. The minimum absolute atomic E-state index is 0.107. The van der Waals surface area contributed by atoms with Crippen molar-refractivity contribution in [1.82, 2.24) is 5.32 Å². The van der Waals surface area contributed by atoms with Gasteiger partial charge in [-0.25, -0.2) is 0 Å². The van der Waals surface area contributed by atoms with E-state index >= 15 is 0 Å². The summed E-state index contributed by atoms with van der Waals surface area (Å²) in [5.41, 5.74) is 0. The third-order valence-electron chi connectivity index (χ3n) is 3.21. The summed E-state index contributed by atoms with van der Waals surface area (Å²) in [6, 6.07) is 0. The molecule has 0 aromatic rings. The van der Waals surface area contributed by atoms with Crippen LogP contribution in [0, 0.1) is 0 Å². The molecule has 0 saturated heterocycles. The highest BCUT2D eigenvalue weighted by Crippen LogP contribution is 2.09. The number of rotatable bonds is 13. The highest BCUT2D eigenvalue weighted by molar-refractivity contribution is 5.71. The van der Waals surface area contributed by atoms with Gasteiger partial charge in [-0.2, -0.15) is 0 Å². The van der Waals surface area contributed by atoms with Gasteiger partial charge in [0.15, 0.2) is 0 Å². The normalized spacial score (nSPS) is 10.3. The second-order valence-corrected chi connectivity index (χ2v) is 4.91. The Morgan fingerprint density at radius 2 is 1.25 bits per heavy atom. The van der Waals surface area contributed by atoms with Crippen molar-refractivity contribution in [2.45, 2.75) is 57.8 Å². The Balaban J connectivity index is 3.06. The molecule has 0 rings (SSSR count). The quantitative estimate of drug-likeness (QED) is 0.416. The summed E-state index contributed by atoms with van der Waals surface area (Å²) in [6.07, 6.45) is 9.78. The van der Waals surface area contributed by atoms with E-state index in [4.69, 9.17) is 0 Å². The highest BCUT2D eigenvalue weighted by Gasteiger charge is 1.99. The van der Waals surface area contributed by atoms with Crippen LogP contribution in [-0.2, 0) is 19.1 Å². The monoisotopic (exact) mass is 287 g/mol. The van der Waals surface area contributed by atoms with Crippen molar-refractivity contribution in [3.05, 3.63) is 0 Å². The van der Waals surface area contributed by atoms with E-state index in [0.29, 0.717) is 13.0 Å². The van der Waals surface area contributed by atoms with Crippen LogP contribution >= 0.6 is 0 Å². The van der Waals surface area contributed by atoms with Gasteiger partial charge >= 0.3 is 11.9 Å². The van der Waals surface area contributed by atoms with Crippen LogP contribution in [0.5, 0.6) is 0 Å². The van der Waals surface area contributed by atoms with Crippen LogP contribution in [0.15, 0.2) is 0 Å². The Morgan fingerprint density at radius 3 is 1.80 bits per heavy atom. The zero-order chi connectivity index (χ0) is 15.1. The van der Waals surface area contributed by atoms with Gasteiger partial charge in [0.1, 0.15) is 0 Å². The molecule has 0 aromatic carbocycles. The first kappa shape index (κ1) is 18.9. The molecule has 0 aliphatic rings. The summed E-state index contributed by atoms with van der Waals surface area (Å²) in [7, 11) is 2.83. The van der Waals surface area contributed by atoms with Crippen LogP contribution in [0.25, 0.3) is 0 Å². The van der Waals surface area contributed by atoms with E-state index in [2.05, 4.69) is 14.8 Å². The molecule has 0 aromatic heterocycles. The summed E-state index contributed by atoms with van der Waals surface area (Å²) >= 11 is 0. The van der Waals surface area contributed by atoms with E-state index in [1.807, 2.05) is 0 Å². The average molecular weight is 287 g/mol. The Bertz CT molecular complexity index is 230. The SMILES string of the molecule is COC(=O)CCCCCCCCCCNCC(=O)OC. The number of hydrogen-bond donors (Lipinski definition) is 1. The number of nitrogens with one attached hydrogen (secondary N) is 1. The zero-order valence-corrected chi connectivity index (χ0v) is 12.9. The Morgan fingerprint density at radius 1 is 0.750 bits per heavy atom. The number of carbonyl (C=O) groups excluding carboxylic acids is 2. The summed E-state index contributed by atoms with van der Waals surface area (Å²) in [5, 5.41) is 3.05. The van der Waals surface area contributed by atoms with Gasteiger partial charge in [0.05, 0.1) is 20.8 Å². The first-order chi connectivity index (χ1) is 9.70. The standard InChI is InChI=1S/C15H29NO4/c1-19-14(17)11-9-7-5-3-4-6-8-10-12-16-13-15(18)20-2/h16H,3-13H2,1-2H3. The molecule has 0 radical (unpaired) electrons. The molecule has 20 heavy (non-hydrogen) atoms. The van der Waals surface area contributed by atoms with Crippen LogP contribution in [0.4, 0.5) is 0 Å². The van der Waals surface area contributed by atoms with Gasteiger partial charge in [-0.1, -0.05) is 38.5 Å². The second kappa shape index (κ2) is 14.3. The van der Waals surface area contributed by atoms with Gasteiger partial charge in [0.25, 0.3) is 0 Å². The predicted molar refractivity (Wildman–Crippen MR) is 78.5 cm³/mol. The molecule has 0 bridgehead atoms. The molecule has 118 valence electrons. The first-order valence-electron chi connectivity index (χ1n) is 7.55. The van der Waals surface area contributed by atoms with Crippen molar-refractivity contribution >= 4 is 11.9 Å². The molecule has 5 nitrogen and oxygen atoms in total. The summed E-state index contributed by atoms with van der Waals surface area (Å²) < 4.78 is 9.12. The minimum Gasteiger partial charge on any atom is -0.469 e. The summed E-state index contributed by atoms with van der Waals surface area (Å²) in [6.45, 7) is 1.17. The fourth-order valence-corrected chi connectivity index (χ4v) is 1.94. The van der Waals surface area contributed by atoms with Crippen LogP contribution in [0.3, 0.4) is 0 Å². The number of hydrogen-bond acceptors (Lipinski definition) is 5. The van der Waals surface area contributed by atoms with Gasteiger partial charge < -0.3 is 14.8 Å². The maximum atomic E-state index is 10.9. The van der Waals surface area contributed by atoms with Gasteiger partial charge in [-0.15, -0.1) is 0 Å². The van der Waals surface area contributed by atoms with Crippen molar-refractivity contribution in [3.8, 4) is 0 Å². The molecule has 5 heteroatoms. The van der Waals surface area contributed by atoms with Gasteiger partial charge in [0, 0.05) is 6.42 Å². The Kier molecular flexibility index (Phi) is 13.5. The Labute approximate surface area is 122 Å². The Hall–Kier alpha value is -1.10. The van der Waals surface area contributed by atoms with Gasteiger partial charge in [-0.3, -0.25) is 9.59 Å². The van der Waals surface area contributed by atoms with Crippen molar-refractivity contribution in [3.63, 3.8) is 0 Å². The average Bonchev–Trinajstić information content (AvgIpc) is 2.47. The lowest BCUT2D eigenvalue weighted by molar-refractivity contribution is -0.141. The molecule has 0 saturated carbocycles. The van der Waals surface area contributed by atoms with Crippen LogP contribution in [-0.4, -0.2) is 39.2 Å². The fraction of sp³-hybridized carbons (Fsp3) is 0.867. The topological polar surface area (TPSA) is 64.6 Å². The molecule has 0 atom stereocenters.